The molecule has 0 aromatic carbocycles. The van der Waals surface area contributed by atoms with E-state index in [9.17, 15) is 9.18 Å². The van der Waals surface area contributed by atoms with E-state index in [0.717, 1.165) is 32.5 Å². The Morgan fingerprint density at radius 2 is 2.44 bits per heavy atom. The van der Waals surface area contributed by atoms with Gasteiger partial charge in [0.2, 0.25) is 5.95 Å². The van der Waals surface area contributed by atoms with Crippen LogP contribution in [-0.4, -0.2) is 41.5 Å². The summed E-state index contributed by atoms with van der Waals surface area (Å²) in [6.07, 6.45) is 3.36. The van der Waals surface area contributed by atoms with Crippen LogP contribution in [0, 0.1) is 5.95 Å². The highest BCUT2D eigenvalue weighted by Gasteiger charge is 2.20. The highest BCUT2D eigenvalue weighted by atomic mass is 19.1. The molecule has 1 aromatic heterocycles. The zero-order valence-corrected chi connectivity index (χ0v) is 10.5. The molecule has 2 heterocycles. The maximum absolute atomic E-state index is 12.7. The van der Waals surface area contributed by atoms with E-state index in [2.05, 4.69) is 22.1 Å². The van der Waals surface area contributed by atoms with Gasteiger partial charge in [-0.1, -0.05) is 6.92 Å². The van der Waals surface area contributed by atoms with Crippen molar-refractivity contribution >= 4 is 5.91 Å². The Bertz CT molecular complexity index is 407. The van der Waals surface area contributed by atoms with E-state index in [-0.39, 0.29) is 11.9 Å². The summed E-state index contributed by atoms with van der Waals surface area (Å²) in [7, 11) is 0. The maximum Gasteiger partial charge on any atom is 0.253 e. The minimum atomic E-state index is -0.568. The summed E-state index contributed by atoms with van der Waals surface area (Å²) in [6.45, 7) is 5.11. The topological polar surface area (TPSA) is 45.2 Å². The summed E-state index contributed by atoms with van der Waals surface area (Å²) in [5.41, 5.74) is 0.407. The van der Waals surface area contributed by atoms with Crippen LogP contribution < -0.4 is 5.32 Å². The van der Waals surface area contributed by atoms with Gasteiger partial charge in [-0.2, -0.15) is 4.39 Å². The Labute approximate surface area is 106 Å². The molecule has 5 heteroatoms. The van der Waals surface area contributed by atoms with Crippen molar-refractivity contribution in [1.29, 1.82) is 0 Å². The summed E-state index contributed by atoms with van der Waals surface area (Å²) < 4.78 is 12.7. The van der Waals surface area contributed by atoms with E-state index < -0.39 is 5.95 Å². The molecule has 0 saturated carbocycles. The Hall–Kier alpha value is -1.49. The molecule has 1 atom stereocenters. The third-order valence-corrected chi connectivity index (χ3v) is 3.28. The summed E-state index contributed by atoms with van der Waals surface area (Å²) in [6, 6.07) is 2.84. The van der Waals surface area contributed by atoms with Crippen LogP contribution in [0.2, 0.25) is 0 Å². The highest BCUT2D eigenvalue weighted by molar-refractivity contribution is 5.94. The molecule has 0 radical (unpaired) electrons. The van der Waals surface area contributed by atoms with Crippen molar-refractivity contribution in [2.75, 3.05) is 19.6 Å². The number of hydrogen-bond acceptors (Lipinski definition) is 3. The molecule has 2 rings (SSSR count). The standard InChI is InChI=1S/C13H18FN3O/c1-2-17-7-3-4-11(9-17)16-13(18)10-5-6-12(14)15-8-10/h5-6,8,11H,2-4,7,9H2,1H3,(H,16,18). The van der Waals surface area contributed by atoms with E-state index in [1.54, 1.807) is 0 Å². The van der Waals surface area contributed by atoms with E-state index in [1.165, 1.54) is 18.3 Å². The zero-order valence-electron chi connectivity index (χ0n) is 10.5. The lowest BCUT2D eigenvalue weighted by Gasteiger charge is -2.32. The second-order valence-electron chi connectivity index (χ2n) is 4.58. The van der Waals surface area contributed by atoms with Gasteiger partial charge in [-0.05, 0) is 38.1 Å². The number of pyridine rings is 1. The second-order valence-corrected chi connectivity index (χ2v) is 4.58. The van der Waals surface area contributed by atoms with E-state index in [0.29, 0.717) is 5.56 Å². The molecule has 1 N–H and O–H groups in total. The van der Waals surface area contributed by atoms with Crippen molar-refractivity contribution < 1.29 is 9.18 Å². The predicted molar refractivity (Wildman–Crippen MR) is 66.8 cm³/mol. The fourth-order valence-electron chi connectivity index (χ4n) is 2.24. The number of halogens is 1. The molecule has 4 nitrogen and oxygen atoms in total. The maximum atomic E-state index is 12.7. The van der Waals surface area contributed by atoms with Gasteiger partial charge in [0.15, 0.2) is 0 Å². The van der Waals surface area contributed by atoms with Crippen molar-refractivity contribution in [3.63, 3.8) is 0 Å². The SMILES string of the molecule is CCN1CCCC(NC(=O)c2ccc(F)nc2)C1. The number of amides is 1. The average Bonchev–Trinajstić information content (AvgIpc) is 2.39. The van der Waals surface area contributed by atoms with Gasteiger partial charge in [-0.3, -0.25) is 4.79 Å². The molecule has 1 amide bonds. The fourth-order valence-corrected chi connectivity index (χ4v) is 2.24. The van der Waals surface area contributed by atoms with E-state index in [1.807, 2.05) is 0 Å². The molecule has 1 aliphatic heterocycles. The van der Waals surface area contributed by atoms with Crippen LogP contribution in [0.1, 0.15) is 30.1 Å². The quantitative estimate of drug-likeness (QED) is 0.827. The van der Waals surface area contributed by atoms with Crippen LogP contribution in [0.25, 0.3) is 0 Å². The zero-order chi connectivity index (χ0) is 13.0. The molecule has 1 unspecified atom stereocenters. The molecule has 1 aromatic rings. The van der Waals surface area contributed by atoms with Crippen molar-refractivity contribution in [2.24, 2.45) is 0 Å². The van der Waals surface area contributed by atoms with Crippen molar-refractivity contribution in [3.8, 4) is 0 Å². The van der Waals surface area contributed by atoms with Crippen molar-refractivity contribution in [3.05, 3.63) is 29.8 Å². The van der Waals surface area contributed by atoms with Gasteiger partial charge < -0.3 is 10.2 Å². The van der Waals surface area contributed by atoms with Crippen molar-refractivity contribution in [2.45, 2.75) is 25.8 Å². The normalized spacial score (nSPS) is 20.7. The number of nitrogens with one attached hydrogen (secondary N) is 1. The lowest BCUT2D eigenvalue weighted by atomic mass is 10.1. The smallest absolute Gasteiger partial charge is 0.253 e. The molecule has 0 aliphatic carbocycles. The molecule has 1 saturated heterocycles. The minimum absolute atomic E-state index is 0.176. The van der Waals surface area contributed by atoms with Gasteiger partial charge >= 0.3 is 0 Å². The van der Waals surface area contributed by atoms with Crippen LogP contribution in [0.4, 0.5) is 4.39 Å². The van der Waals surface area contributed by atoms with Crippen molar-refractivity contribution in [1.82, 2.24) is 15.2 Å². The minimum Gasteiger partial charge on any atom is -0.348 e. The first-order valence-electron chi connectivity index (χ1n) is 6.34. The van der Waals surface area contributed by atoms with Crippen LogP contribution in [-0.2, 0) is 0 Å². The predicted octanol–water partition coefficient (Wildman–Crippen LogP) is 1.43. The van der Waals surface area contributed by atoms with Crippen LogP contribution in [0.5, 0.6) is 0 Å². The Balaban J connectivity index is 1.92. The summed E-state index contributed by atoms with van der Waals surface area (Å²) in [5, 5.41) is 2.98. The van der Waals surface area contributed by atoms with Gasteiger partial charge in [0, 0.05) is 18.8 Å². The third kappa shape index (κ3) is 3.26. The summed E-state index contributed by atoms with van der Waals surface area (Å²) in [4.78, 5) is 17.7. The lowest BCUT2D eigenvalue weighted by molar-refractivity contribution is 0.0905. The molecular weight excluding hydrogens is 233 g/mol. The Morgan fingerprint density at radius 3 is 3.11 bits per heavy atom. The summed E-state index contributed by atoms with van der Waals surface area (Å²) >= 11 is 0. The monoisotopic (exact) mass is 251 g/mol. The number of nitrogens with zero attached hydrogens (tertiary/aromatic N) is 2. The molecule has 1 aliphatic rings. The first-order chi connectivity index (χ1) is 8.69. The molecule has 0 bridgehead atoms. The molecule has 18 heavy (non-hydrogen) atoms. The first kappa shape index (κ1) is 13.0. The summed E-state index contributed by atoms with van der Waals surface area (Å²) in [5.74, 6) is -0.744. The largest absolute Gasteiger partial charge is 0.348 e. The first-order valence-corrected chi connectivity index (χ1v) is 6.34. The number of carbonyl (C=O) groups is 1. The third-order valence-electron chi connectivity index (χ3n) is 3.28. The van der Waals surface area contributed by atoms with Gasteiger partial charge in [0.1, 0.15) is 0 Å². The highest BCUT2D eigenvalue weighted by Crippen LogP contribution is 2.10. The van der Waals surface area contributed by atoms with Gasteiger partial charge in [0.05, 0.1) is 5.56 Å². The Kier molecular flexibility index (Phi) is 4.25. The van der Waals surface area contributed by atoms with Gasteiger partial charge in [0.25, 0.3) is 5.91 Å². The molecule has 1 fully saturated rings. The van der Waals surface area contributed by atoms with E-state index in [4.69, 9.17) is 0 Å². The van der Waals surface area contributed by atoms with Gasteiger partial charge in [-0.15, -0.1) is 0 Å². The van der Waals surface area contributed by atoms with Gasteiger partial charge in [-0.25, -0.2) is 4.98 Å². The number of likely N-dealkylation sites (N-methyl/N-ethyl adjacent to an activating group) is 1. The average molecular weight is 251 g/mol. The van der Waals surface area contributed by atoms with Crippen LogP contribution in [0.15, 0.2) is 18.3 Å². The van der Waals surface area contributed by atoms with Crippen LogP contribution >= 0.6 is 0 Å². The number of aromatic nitrogens is 1. The number of piperidine rings is 1. The number of carbonyl (C=O) groups excluding carboxylic acids is 1. The fraction of sp³-hybridized carbons (Fsp3) is 0.538. The Morgan fingerprint density at radius 1 is 1.61 bits per heavy atom. The number of likely N-dealkylation sites (tertiary alicyclic amines) is 1. The van der Waals surface area contributed by atoms with Crippen LogP contribution in [0.3, 0.4) is 0 Å². The molecule has 0 spiro atoms. The molecular formula is C13H18FN3O. The van der Waals surface area contributed by atoms with E-state index >= 15 is 0 Å². The second kappa shape index (κ2) is 5.91. The number of hydrogen-bond donors (Lipinski definition) is 1. The molecule has 98 valence electrons. The number of rotatable bonds is 3. The lowest BCUT2D eigenvalue weighted by Crippen LogP contribution is -2.47.